The Balaban J connectivity index is 2.11. The molecule has 0 aliphatic carbocycles. The topological polar surface area (TPSA) is 73.1 Å². The van der Waals surface area contributed by atoms with E-state index in [0.29, 0.717) is 16.6 Å². The molecule has 1 aromatic heterocycles. The first-order valence-corrected chi connectivity index (χ1v) is 8.19. The highest BCUT2D eigenvalue weighted by atomic mass is 32.2. The summed E-state index contributed by atoms with van der Waals surface area (Å²) in [5.41, 5.74) is 0.874. The maximum Gasteiger partial charge on any atom is 0.226 e. The molecule has 2 aromatic rings. The smallest absolute Gasteiger partial charge is 0.226 e. The predicted octanol–water partition coefficient (Wildman–Crippen LogP) is 2.60. The van der Waals surface area contributed by atoms with E-state index in [4.69, 9.17) is 4.52 Å². The number of aryl methyl sites for hydroxylation is 1. The van der Waals surface area contributed by atoms with E-state index in [9.17, 15) is 8.42 Å². The van der Waals surface area contributed by atoms with E-state index in [1.54, 1.807) is 30.3 Å². The van der Waals surface area contributed by atoms with Gasteiger partial charge in [0.2, 0.25) is 5.89 Å². The predicted molar refractivity (Wildman–Crippen MR) is 76.8 cm³/mol. The zero-order chi connectivity index (χ0) is 14.6. The summed E-state index contributed by atoms with van der Waals surface area (Å²) in [7, 11) is -3.15. The van der Waals surface area contributed by atoms with Crippen molar-refractivity contribution in [1.82, 2.24) is 10.1 Å². The Morgan fingerprint density at radius 3 is 2.50 bits per heavy atom. The van der Waals surface area contributed by atoms with Gasteiger partial charge in [-0.1, -0.05) is 30.3 Å². The van der Waals surface area contributed by atoms with Crippen LogP contribution in [0.3, 0.4) is 0 Å². The van der Waals surface area contributed by atoms with E-state index in [1.165, 1.54) is 6.26 Å². The Labute approximate surface area is 118 Å². The second kappa shape index (κ2) is 6.00. The van der Waals surface area contributed by atoms with Gasteiger partial charge in [-0.25, -0.2) is 8.42 Å². The number of nitrogens with zero attached hydrogens (tertiary/aromatic N) is 2. The van der Waals surface area contributed by atoms with Crippen molar-refractivity contribution in [2.45, 2.75) is 24.7 Å². The van der Waals surface area contributed by atoms with Crippen molar-refractivity contribution in [3.63, 3.8) is 0 Å². The van der Waals surface area contributed by atoms with Crippen LogP contribution in [-0.2, 0) is 16.3 Å². The molecule has 6 heteroatoms. The van der Waals surface area contributed by atoms with Crippen LogP contribution in [0.25, 0.3) is 12.2 Å². The van der Waals surface area contributed by atoms with Crippen LogP contribution in [0.5, 0.6) is 0 Å². The molecule has 20 heavy (non-hydrogen) atoms. The van der Waals surface area contributed by atoms with Gasteiger partial charge in [0.1, 0.15) is 0 Å². The van der Waals surface area contributed by atoms with Gasteiger partial charge in [0.05, 0.1) is 4.90 Å². The summed E-state index contributed by atoms with van der Waals surface area (Å²) >= 11 is 0. The average molecular weight is 292 g/mol. The standard InChI is InChI=1S/C14H16N2O3S/c1-3-4-14-15-13(16-19-14)10-7-11-5-8-12(9-6-11)20(2,17)18/h5-10H,3-4H2,1-2H3/b10-7+. The minimum Gasteiger partial charge on any atom is -0.339 e. The van der Waals surface area contributed by atoms with Crippen molar-refractivity contribution in [3.8, 4) is 0 Å². The number of aromatic nitrogens is 2. The molecule has 0 radical (unpaired) electrons. The maximum absolute atomic E-state index is 11.3. The summed E-state index contributed by atoms with van der Waals surface area (Å²) in [4.78, 5) is 4.52. The van der Waals surface area contributed by atoms with Crippen LogP contribution in [0.15, 0.2) is 33.7 Å². The summed E-state index contributed by atoms with van der Waals surface area (Å²) in [6.45, 7) is 2.04. The molecule has 5 nitrogen and oxygen atoms in total. The van der Waals surface area contributed by atoms with E-state index < -0.39 is 9.84 Å². The van der Waals surface area contributed by atoms with Gasteiger partial charge in [0.15, 0.2) is 15.7 Å². The van der Waals surface area contributed by atoms with Gasteiger partial charge in [-0.2, -0.15) is 4.98 Å². The van der Waals surface area contributed by atoms with E-state index in [-0.39, 0.29) is 0 Å². The largest absolute Gasteiger partial charge is 0.339 e. The molecule has 0 amide bonds. The number of rotatable bonds is 5. The summed E-state index contributed by atoms with van der Waals surface area (Å²) in [5.74, 6) is 1.14. The summed E-state index contributed by atoms with van der Waals surface area (Å²) in [6, 6.07) is 6.63. The van der Waals surface area contributed by atoms with Crippen LogP contribution in [0.1, 0.15) is 30.6 Å². The third kappa shape index (κ3) is 3.77. The molecule has 1 heterocycles. The second-order valence-electron chi connectivity index (χ2n) is 4.47. The fourth-order valence-electron chi connectivity index (χ4n) is 1.65. The maximum atomic E-state index is 11.3. The molecule has 0 aliphatic rings. The molecular formula is C14H16N2O3S. The van der Waals surface area contributed by atoms with E-state index >= 15 is 0 Å². The second-order valence-corrected chi connectivity index (χ2v) is 6.49. The minimum absolute atomic E-state index is 0.305. The van der Waals surface area contributed by atoms with Crippen molar-refractivity contribution in [2.75, 3.05) is 6.26 Å². The Kier molecular flexibility index (Phi) is 4.34. The van der Waals surface area contributed by atoms with E-state index in [1.807, 2.05) is 13.0 Å². The molecule has 0 bridgehead atoms. The third-order valence-electron chi connectivity index (χ3n) is 2.68. The minimum atomic E-state index is -3.15. The Morgan fingerprint density at radius 2 is 1.90 bits per heavy atom. The highest BCUT2D eigenvalue weighted by Crippen LogP contribution is 2.12. The molecule has 106 valence electrons. The summed E-state index contributed by atoms with van der Waals surface area (Å²) in [5, 5.41) is 3.84. The lowest BCUT2D eigenvalue weighted by Gasteiger charge is -1.98. The zero-order valence-corrected chi connectivity index (χ0v) is 12.2. The van der Waals surface area contributed by atoms with Gasteiger partial charge in [-0.3, -0.25) is 0 Å². The molecular weight excluding hydrogens is 276 g/mol. The first-order chi connectivity index (χ1) is 9.49. The molecule has 1 aromatic carbocycles. The number of sulfone groups is 1. The molecule has 0 aliphatic heterocycles. The highest BCUT2D eigenvalue weighted by molar-refractivity contribution is 7.90. The first kappa shape index (κ1) is 14.5. The molecule has 0 saturated heterocycles. The van der Waals surface area contributed by atoms with Crippen molar-refractivity contribution >= 4 is 22.0 Å². The van der Waals surface area contributed by atoms with Crippen LogP contribution in [0.4, 0.5) is 0 Å². The van der Waals surface area contributed by atoms with Crippen LogP contribution in [0.2, 0.25) is 0 Å². The Bertz CT molecular complexity index is 700. The number of benzene rings is 1. The monoisotopic (exact) mass is 292 g/mol. The van der Waals surface area contributed by atoms with Gasteiger partial charge in [-0.15, -0.1) is 0 Å². The van der Waals surface area contributed by atoms with Gasteiger partial charge in [0.25, 0.3) is 0 Å². The molecule has 0 atom stereocenters. The van der Waals surface area contributed by atoms with Crippen molar-refractivity contribution < 1.29 is 12.9 Å². The lowest BCUT2D eigenvalue weighted by Crippen LogP contribution is -1.96. The molecule has 0 spiro atoms. The zero-order valence-electron chi connectivity index (χ0n) is 11.4. The van der Waals surface area contributed by atoms with Crippen LogP contribution in [-0.4, -0.2) is 24.8 Å². The van der Waals surface area contributed by atoms with Crippen molar-refractivity contribution in [1.29, 1.82) is 0 Å². The van der Waals surface area contributed by atoms with E-state index in [2.05, 4.69) is 10.1 Å². The van der Waals surface area contributed by atoms with Gasteiger partial charge in [-0.05, 0) is 30.2 Å². The Hall–Kier alpha value is -1.95. The number of hydrogen-bond acceptors (Lipinski definition) is 5. The average Bonchev–Trinajstić information content (AvgIpc) is 2.84. The lowest BCUT2D eigenvalue weighted by molar-refractivity contribution is 0.375. The molecule has 0 fully saturated rings. The molecule has 0 N–H and O–H groups in total. The molecule has 2 rings (SSSR count). The van der Waals surface area contributed by atoms with Crippen molar-refractivity contribution in [2.24, 2.45) is 0 Å². The molecule has 0 unspecified atom stereocenters. The lowest BCUT2D eigenvalue weighted by atomic mass is 10.2. The highest BCUT2D eigenvalue weighted by Gasteiger charge is 2.05. The van der Waals surface area contributed by atoms with Gasteiger partial charge in [0, 0.05) is 12.7 Å². The van der Waals surface area contributed by atoms with Crippen LogP contribution >= 0.6 is 0 Å². The summed E-state index contributed by atoms with van der Waals surface area (Å²) in [6.07, 6.45) is 6.46. The first-order valence-electron chi connectivity index (χ1n) is 6.30. The van der Waals surface area contributed by atoms with Gasteiger partial charge < -0.3 is 4.52 Å². The fourth-order valence-corrected chi connectivity index (χ4v) is 2.28. The third-order valence-corrected chi connectivity index (χ3v) is 3.81. The van der Waals surface area contributed by atoms with E-state index in [0.717, 1.165) is 18.4 Å². The quantitative estimate of drug-likeness (QED) is 0.847. The number of hydrogen-bond donors (Lipinski definition) is 0. The van der Waals surface area contributed by atoms with Gasteiger partial charge >= 0.3 is 0 Å². The van der Waals surface area contributed by atoms with Crippen molar-refractivity contribution in [3.05, 3.63) is 41.5 Å². The van der Waals surface area contributed by atoms with Crippen LogP contribution in [0, 0.1) is 0 Å². The normalized spacial score (nSPS) is 12.1. The summed E-state index contributed by atoms with van der Waals surface area (Å²) < 4.78 is 27.7. The molecule has 0 saturated carbocycles. The Morgan fingerprint density at radius 1 is 1.20 bits per heavy atom. The SMILES string of the molecule is CCCc1nc(/C=C/c2ccc(S(C)(=O)=O)cc2)no1. The van der Waals surface area contributed by atoms with Crippen LogP contribution < -0.4 is 0 Å². The fraction of sp³-hybridized carbons (Fsp3) is 0.286.